The third kappa shape index (κ3) is 3.23. The molecular weight excluding hydrogens is 334 g/mol. The number of hydrazine groups is 1. The first kappa shape index (κ1) is 15.6. The van der Waals surface area contributed by atoms with E-state index >= 15 is 0 Å². The molecule has 0 radical (unpaired) electrons. The molecule has 1 aromatic heterocycles. The molecular formula is C16H14ClN3O2S. The molecule has 2 aromatic carbocycles. The minimum Gasteiger partial charge on any atom is -0.494 e. The number of aryl methyl sites for hydroxylation is 1. The van der Waals surface area contributed by atoms with Gasteiger partial charge in [0.1, 0.15) is 11.3 Å². The number of fused-ring (bicyclic) bond motifs is 1. The highest BCUT2D eigenvalue weighted by molar-refractivity contribution is 7.22. The summed E-state index contributed by atoms with van der Waals surface area (Å²) in [6.45, 7) is 1.94. The van der Waals surface area contributed by atoms with Gasteiger partial charge in [-0.1, -0.05) is 40.6 Å². The summed E-state index contributed by atoms with van der Waals surface area (Å²) in [6, 6.07) is 10.9. The van der Waals surface area contributed by atoms with Gasteiger partial charge in [-0.05, 0) is 31.2 Å². The summed E-state index contributed by atoms with van der Waals surface area (Å²) < 4.78 is 6.08. The molecule has 0 aliphatic rings. The number of benzene rings is 2. The van der Waals surface area contributed by atoms with Gasteiger partial charge in [-0.15, -0.1) is 0 Å². The van der Waals surface area contributed by atoms with Crippen molar-refractivity contribution in [1.29, 1.82) is 0 Å². The highest BCUT2D eigenvalue weighted by Gasteiger charge is 2.13. The predicted molar refractivity (Wildman–Crippen MR) is 93.4 cm³/mol. The van der Waals surface area contributed by atoms with Gasteiger partial charge in [-0.25, -0.2) is 4.98 Å². The first-order valence-corrected chi connectivity index (χ1v) is 8.04. The van der Waals surface area contributed by atoms with Gasteiger partial charge < -0.3 is 4.74 Å². The first-order chi connectivity index (χ1) is 11.1. The van der Waals surface area contributed by atoms with Crippen LogP contribution in [0.1, 0.15) is 15.9 Å². The van der Waals surface area contributed by atoms with Gasteiger partial charge in [-0.3, -0.25) is 15.6 Å². The molecule has 3 rings (SSSR count). The van der Waals surface area contributed by atoms with Crippen LogP contribution < -0.4 is 15.6 Å². The Labute approximate surface area is 142 Å². The number of carbonyl (C=O) groups excluding carboxylic acids is 1. The van der Waals surface area contributed by atoms with Crippen molar-refractivity contribution in [3.63, 3.8) is 0 Å². The van der Waals surface area contributed by atoms with Crippen molar-refractivity contribution >= 4 is 44.2 Å². The van der Waals surface area contributed by atoms with E-state index in [1.807, 2.05) is 25.1 Å². The van der Waals surface area contributed by atoms with Crippen LogP contribution >= 0.6 is 22.9 Å². The maximum atomic E-state index is 12.1. The van der Waals surface area contributed by atoms with Crippen LogP contribution in [-0.4, -0.2) is 18.0 Å². The lowest BCUT2D eigenvalue weighted by Gasteiger charge is -2.05. The van der Waals surface area contributed by atoms with Gasteiger partial charge in [0.2, 0.25) is 5.13 Å². The summed E-state index contributed by atoms with van der Waals surface area (Å²) >= 11 is 7.52. The topological polar surface area (TPSA) is 63.2 Å². The van der Waals surface area contributed by atoms with Gasteiger partial charge in [0, 0.05) is 5.56 Å². The molecule has 23 heavy (non-hydrogen) atoms. The molecule has 1 amide bonds. The quantitative estimate of drug-likeness (QED) is 0.699. The lowest BCUT2D eigenvalue weighted by Crippen LogP contribution is -2.29. The Hall–Kier alpha value is -2.31. The maximum absolute atomic E-state index is 12.1. The Bertz CT molecular complexity index is 879. The number of anilines is 1. The summed E-state index contributed by atoms with van der Waals surface area (Å²) in [5.41, 5.74) is 7.72. The normalized spacial score (nSPS) is 10.6. The predicted octanol–water partition coefficient (Wildman–Crippen LogP) is 4.02. The Kier molecular flexibility index (Phi) is 4.36. The fourth-order valence-electron chi connectivity index (χ4n) is 2.14. The second-order valence-corrected chi connectivity index (χ2v) is 6.30. The molecule has 1 heterocycles. The number of carbonyl (C=O) groups is 1. The average Bonchev–Trinajstić information content (AvgIpc) is 2.98. The molecule has 0 saturated heterocycles. The fourth-order valence-corrected chi connectivity index (χ4v) is 3.25. The molecule has 0 fully saturated rings. The largest absolute Gasteiger partial charge is 0.494 e. The average molecular weight is 348 g/mol. The third-order valence-electron chi connectivity index (χ3n) is 3.24. The van der Waals surface area contributed by atoms with E-state index in [1.165, 1.54) is 11.3 Å². The molecule has 7 heteroatoms. The van der Waals surface area contributed by atoms with E-state index < -0.39 is 0 Å². The Morgan fingerprint density at radius 3 is 2.87 bits per heavy atom. The zero-order valence-electron chi connectivity index (χ0n) is 12.5. The standard InChI is InChI=1S/C16H14ClN3O2S/c1-9-4-3-5-10(8-9)15(21)19-20-16-18-13-12(22-2)7-6-11(17)14(13)23-16/h3-8H,1-2H3,(H,18,20)(H,19,21). The molecule has 0 spiro atoms. The number of ether oxygens (including phenoxy) is 1. The smallest absolute Gasteiger partial charge is 0.269 e. The Morgan fingerprint density at radius 1 is 1.30 bits per heavy atom. The molecule has 0 unspecified atom stereocenters. The molecule has 118 valence electrons. The van der Waals surface area contributed by atoms with Crippen molar-refractivity contribution in [3.05, 3.63) is 52.5 Å². The van der Waals surface area contributed by atoms with Gasteiger partial charge in [0.05, 0.1) is 16.8 Å². The fraction of sp³-hybridized carbons (Fsp3) is 0.125. The number of hydrogen-bond donors (Lipinski definition) is 2. The summed E-state index contributed by atoms with van der Waals surface area (Å²) in [4.78, 5) is 16.5. The molecule has 0 saturated carbocycles. The summed E-state index contributed by atoms with van der Waals surface area (Å²) in [5.74, 6) is 0.407. The molecule has 0 bridgehead atoms. The molecule has 5 nitrogen and oxygen atoms in total. The van der Waals surface area contributed by atoms with Crippen molar-refractivity contribution in [1.82, 2.24) is 10.4 Å². The van der Waals surface area contributed by atoms with E-state index in [9.17, 15) is 4.79 Å². The van der Waals surface area contributed by atoms with E-state index in [0.717, 1.165) is 10.3 Å². The van der Waals surface area contributed by atoms with Crippen molar-refractivity contribution in [2.45, 2.75) is 6.92 Å². The van der Waals surface area contributed by atoms with E-state index in [2.05, 4.69) is 15.8 Å². The number of nitrogens with zero attached hydrogens (tertiary/aromatic N) is 1. The Morgan fingerprint density at radius 2 is 2.13 bits per heavy atom. The third-order valence-corrected chi connectivity index (χ3v) is 4.67. The lowest BCUT2D eigenvalue weighted by molar-refractivity contribution is 0.0962. The van der Waals surface area contributed by atoms with Crippen LogP contribution in [0.5, 0.6) is 5.75 Å². The van der Waals surface area contributed by atoms with Crippen LogP contribution in [0.2, 0.25) is 5.02 Å². The van der Waals surface area contributed by atoms with E-state index in [0.29, 0.717) is 27.0 Å². The van der Waals surface area contributed by atoms with E-state index in [4.69, 9.17) is 16.3 Å². The van der Waals surface area contributed by atoms with Crippen molar-refractivity contribution in [3.8, 4) is 5.75 Å². The molecule has 2 N–H and O–H groups in total. The Balaban J connectivity index is 1.80. The minimum absolute atomic E-state index is 0.231. The van der Waals surface area contributed by atoms with Crippen molar-refractivity contribution in [2.75, 3.05) is 12.5 Å². The van der Waals surface area contributed by atoms with Gasteiger partial charge >= 0.3 is 0 Å². The van der Waals surface area contributed by atoms with Crippen LogP contribution in [0.3, 0.4) is 0 Å². The number of nitrogens with one attached hydrogen (secondary N) is 2. The van der Waals surface area contributed by atoms with E-state index in [1.54, 1.807) is 25.3 Å². The first-order valence-electron chi connectivity index (χ1n) is 6.84. The van der Waals surface area contributed by atoms with Gasteiger partial charge in [-0.2, -0.15) is 0 Å². The molecule has 0 aliphatic heterocycles. The number of hydrogen-bond acceptors (Lipinski definition) is 5. The van der Waals surface area contributed by atoms with Crippen LogP contribution in [0.15, 0.2) is 36.4 Å². The minimum atomic E-state index is -0.231. The van der Waals surface area contributed by atoms with Crippen LogP contribution in [0.4, 0.5) is 5.13 Å². The van der Waals surface area contributed by atoms with E-state index in [-0.39, 0.29) is 5.91 Å². The summed E-state index contributed by atoms with van der Waals surface area (Å²) in [5, 5.41) is 1.13. The van der Waals surface area contributed by atoms with Gasteiger partial charge in [0.15, 0.2) is 0 Å². The second-order valence-electron chi connectivity index (χ2n) is 4.89. The molecule has 0 aliphatic carbocycles. The van der Waals surface area contributed by atoms with Gasteiger partial charge in [0.25, 0.3) is 5.91 Å². The zero-order valence-corrected chi connectivity index (χ0v) is 14.1. The van der Waals surface area contributed by atoms with Crippen molar-refractivity contribution < 1.29 is 9.53 Å². The highest BCUT2D eigenvalue weighted by Crippen LogP contribution is 2.37. The number of halogens is 1. The zero-order chi connectivity index (χ0) is 16.4. The van der Waals surface area contributed by atoms with Crippen LogP contribution in [0, 0.1) is 6.92 Å². The van der Waals surface area contributed by atoms with Crippen molar-refractivity contribution in [2.24, 2.45) is 0 Å². The SMILES string of the molecule is COc1ccc(Cl)c2sc(NNC(=O)c3cccc(C)c3)nc12. The molecule has 0 atom stereocenters. The maximum Gasteiger partial charge on any atom is 0.269 e. The number of methoxy groups -OCH3 is 1. The number of aromatic nitrogens is 1. The monoisotopic (exact) mass is 347 g/mol. The number of rotatable bonds is 4. The number of thiazole rings is 1. The lowest BCUT2D eigenvalue weighted by atomic mass is 10.1. The summed E-state index contributed by atoms with van der Waals surface area (Å²) in [6.07, 6.45) is 0. The molecule has 3 aromatic rings. The highest BCUT2D eigenvalue weighted by atomic mass is 35.5. The van der Waals surface area contributed by atoms with Crippen LogP contribution in [0.25, 0.3) is 10.2 Å². The summed E-state index contributed by atoms with van der Waals surface area (Å²) in [7, 11) is 1.58. The number of amides is 1. The van der Waals surface area contributed by atoms with Crippen LogP contribution in [-0.2, 0) is 0 Å². The second kappa shape index (κ2) is 6.44.